The van der Waals surface area contributed by atoms with Crippen molar-refractivity contribution in [3.63, 3.8) is 0 Å². The Balaban J connectivity index is 2.60. The Kier molecular flexibility index (Phi) is 5.14. The molecule has 0 aliphatic carbocycles. The van der Waals surface area contributed by atoms with Crippen molar-refractivity contribution in [1.29, 1.82) is 0 Å². The van der Waals surface area contributed by atoms with E-state index < -0.39 is 24.4 Å². The summed E-state index contributed by atoms with van der Waals surface area (Å²) in [6.45, 7) is 0.480. The van der Waals surface area contributed by atoms with E-state index >= 15 is 0 Å². The fourth-order valence-electron chi connectivity index (χ4n) is 1.49. The predicted octanol–water partition coefficient (Wildman–Crippen LogP) is 2.33. The van der Waals surface area contributed by atoms with Gasteiger partial charge in [0.2, 0.25) is 5.91 Å². The summed E-state index contributed by atoms with van der Waals surface area (Å²) < 4.78 is 48.8. The quantitative estimate of drug-likeness (QED) is 0.838. The molecule has 1 amide bonds. The Morgan fingerprint density at radius 3 is 2.58 bits per heavy atom. The molecule has 0 atom stereocenters. The van der Waals surface area contributed by atoms with Crippen LogP contribution in [0.25, 0.3) is 0 Å². The molecule has 1 rings (SSSR count). The van der Waals surface area contributed by atoms with Gasteiger partial charge in [-0.05, 0) is 25.1 Å². The molecule has 19 heavy (non-hydrogen) atoms. The van der Waals surface area contributed by atoms with Crippen LogP contribution < -0.4 is 10.2 Å². The number of hydrogen-bond acceptors (Lipinski definition) is 2. The monoisotopic (exact) mass is 278 g/mol. The Labute approximate surface area is 108 Å². The first kappa shape index (κ1) is 15.3. The molecule has 1 aromatic carbocycles. The van der Waals surface area contributed by atoms with Gasteiger partial charge >= 0.3 is 6.18 Å². The van der Waals surface area contributed by atoms with Gasteiger partial charge in [-0.2, -0.15) is 13.2 Å². The number of likely N-dealkylation sites (N-methyl/N-ethyl adjacent to an activating group) is 1. The molecule has 0 radical (unpaired) electrons. The smallest absolute Gasteiger partial charge is 0.362 e. The van der Waals surface area contributed by atoms with Gasteiger partial charge in [0.1, 0.15) is 12.4 Å². The number of alkyl halides is 3. The minimum Gasteiger partial charge on any atom is -0.362 e. The van der Waals surface area contributed by atoms with Crippen LogP contribution >= 0.6 is 0 Å². The maximum atomic E-state index is 13.0. The first-order valence-electron chi connectivity index (χ1n) is 5.66. The third-order valence-electron chi connectivity index (χ3n) is 2.38. The molecule has 0 heterocycles. The maximum Gasteiger partial charge on any atom is 0.405 e. The average molecular weight is 278 g/mol. The molecule has 0 saturated carbocycles. The van der Waals surface area contributed by atoms with Crippen molar-refractivity contribution in [3.8, 4) is 0 Å². The van der Waals surface area contributed by atoms with E-state index in [2.05, 4.69) is 0 Å². The van der Waals surface area contributed by atoms with E-state index in [9.17, 15) is 22.4 Å². The molecule has 0 fully saturated rings. The van der Waals surface area contributed by atoms with Crippen molar-refractivity contribution < 1.29 is 22.4 Å². The molecule has 0 spiro atoms. The SMILES string of the molecule is CCN(CC(=O)NCC(F)(F)F)c1cccc(F)c1. The molecular weight excluding hydrogens is 264 g/mol. The Morgan fingerprint density at radius 1 is 1.37 bits per heavy atom. The summed E-state index contributed by atoms with van der Waals surface area (Å²) in [6, 6.07) is 5.53. The van der Waals surface area contributed by atoms with Crippen LogP contribution in [-0.2, 0) is 4.79 Å². The highest BCUT2D eigenvalue weighted by molar-refractivity contribution is 5.81. The highest BCUT2D eigenvalue weighted by Crippen LogP contribution is 2.15. The molecule has 0 aliphatic rings. The number of nitrogens with zero attached hydrogens (tertiary/aromatic N) is 1. The largest absolute Gasteiger partial charge is 0.405 e. The standard InChI is InChI=1S/C12H14F4N2O/c1-2-18(10-5-3-4-9(13)6-10)7-11(19)17-8-12(14,15)16/h3-6H,2,7-8H2,1H3,(H,17,19). The Morgan fingerprint density at radius 2 is 2.05 bits per heavy atom. The summed E-state index contributed by atoms with van der Waals surface area (Å²) >= 11 is 0. The minimum absolute atomic E-state index is 0.254. The van der Waals surface area contributed by atoms with Crippen LogP contribution in [0, 0.1) is 5.82 Å². The molecule has 1 N–H and O–H groups in total. The molecule has 1 aromatic rings. The fourth-order valence-corrected chi connectivity index (χ4v) is 1.49. The molecule has 0 aliphatic heterocycles. The molecule has 0 bridgehead atoms. The van der Waals surface area contributed by atoms with Crippen LogP contribution in [-0.4, -0.2) is 31.7 Å². The molecule has 7 heteroatoms. The zero-order valence-corrected chi connectivity index (χ0v) is 10.3. The van der Waals surface area contributed by atoms with E-state index in [4.69, 9.17) is 0 Å². The number of halogens is 4. The highest BCUT2D eigenvalue weighted by Gasteiger charge is 2.27. The minimum atomic E-state index is -4.44. The van der Waals surface area contributed by atoms with E-state index in [1.165, 1.54) is 23.1 Å². The average Bonchev–Trinajstić information content (AvgIpc) is 2.32. The third-order valence-corrected chi connectivity index (χ3v) is 2.38. The van der Waals surface area contributed by atoms with Crippen LogP contribution in [0.4, 0.5) is 23.2 Å². The molecular formula is C12H14F4N2O. The van der Waals surface area contributed by atoms with Gasteiger partial charge in [0, 0.05) is 12.2 Å². The first-order chi connectivity index (χ1) is 8.81. The highest BCUT2D eigenvalue weighted by atomic mass is 19.4. The lowest BCUT2D eigenvalue weighted by Crippen LogP contribution is -2.41. The number of hydrogen-bond donors (Lipinski definition) is 1. The van der Waals surface area contributed by atoms with Crippen molar-refractivity contribution in [1.82, 2.24) is 5.32 Å². The predicted molar refractivity (Wildman–Crippen MR) is 63.4 cm³/mol. The second kappa shape index (κ2) is 6.40. The van der Waals surface area contributed by atoms with Crippen LogP contribution in [0.1, 0.15) is 6.92 Å². The van der Waals surface area contributed by atoms with Gasteiger partial charge in [-0.3, -0.25) is 4.79 Å². The van der Waals surface area contributed by atoms with E-state index in [0.717, 1.165) is 0 Å². The van der Waals surface area contributed by atoms with Crippen molar-refractivity contribution in [3.05, 3.63) is 30.1 Å². The molecule has 3 nitrogen and oxygen atoms in total. The van der Waals surface area contributed by atoms with Gasteiger partial charge in [-0.1, -0.05) is 6.07 Å². The summed E-state index contributed by atoms with van der Waals surface area (Å²) in [5.41, 5.74) is 0.449. The third kappa shape index (κ3) is 5.58. The number of nitrogens with one attached hydrogen (secondary N) is 1. The number of amides is 1. The number of rotatable bonds is 5. The van der Waals surface area contributed by atoms with E-state index in [1.54, 1.807) is 18.3 Å². The maximum absolute atomic E-state index is 13.0. The summed E-state index contributed by atoms with van der Waals surface area (Å²) in [6.07, 6.45) is -4.44. The van der Waals surface area contributed by atoms with E-state index in [-0.39, 0.29) is 6.54 Å². The van der Waals surface area contributed by atoms with Gasteiger partial charge in [-0.25, -0.2) is 4.39 Å². The summed E-state index contributed by atoms with van der Waals surface area (Å²) in [4.78, 5) is 12.9. The van der Waals surface area contributed by atoms with Gasteiger partial charge in [-0.15, -0.1) is 0 Å². The second-order valence-corrected chi connectivity index (χ2v) is 3.89. The number of carbonyl (C=O) groups is 1. The topological polar surface area (TPSA) is 32.3 Å². The van der Waals surface area contributed by atoms with E-state index in [0.29, 0.717) is 12.2 Å². The number of anilines is 1. The lowest BCUT2D eigenvalue weighted by molar-refractivity contribution is -0.137. The zero-order valence-electron chi connectivity index (χ0n) is 10.3. The molecule has 0 saturated heterocycles. The summed E-state index contributed by atoms with van der Waals surface area (Å²) in [5.74, 6) is -1.23. The van der Waals surface area contributed by atoms with Crippen molar-refractivity contribution in [2.45, 2.75) is 13.1 Å². The number of benzene rings is 1. The van der Waals surface area contributed by atoms with Gasteiger partial charge in [0.25, 0.3) is 0 Å². The Bertz CT molecular complexity index is 434. The second-order valence-electron chi connectivity index (χ2n) is 3.89. The number of carbonyl (C=O) groups excluding carboxylic acids is 1. The zero-order chi connectivity index (χ0) is 14.5. The molecule has 0 unspecified atom stereocenters. The lowest BCUT2D eigenvalue weighted by atomic mass is 10.2. The van der Waals surface area contributed by atoms with Crippen LogP contribution in [0.15, 0.2) is 24.3 Å². The van der Waals surface area contributed by atoms with Crippen molar-refractivity contribution in [2.24, 2.45) is 0 Å². The van der Waals surface area contributed by atoms with Gasteiger partial charge < -0.3 is 10.2 Å². The molecule has 106 valence electrons. The van der Waals surface area contributed by atoms with Crippen molar-refractivity contribution >= 4 is 11.6 Å². The summed E-state index contributed by atoms with van der Waals surface area (Å²) in [7, 11) is 0. The van der Waals surface area contributed by atoms with E-state index in [1.807, 2.05) is 0 Å². The van der Waals surface area contributed by atoms with Crippen LogP contribution in [0.3, 0.4) is 0 Å². The van der Waals surface area contributed by atoms with Crippen molar-refractivity contribution in [2.75, 3.05) is 24.5 Å². The fraction of sp³-hybridized carbons (Fsp3) is 0.417. The lowest BCUT2D eigenvalue weighted by Gasteiger charge is -2.22. The Hall–Kier alpha value is -1.79. The van der Waals surface area contributed by atoms with Gasteiger partial charge in [0.15, 0.2) is 0 Å². The first-order valence-corrected chi connectivity index (χ1v) is 5.66. The van der Waals surface area contributed by atoms with Crippen LogP contribution in [0.2, 0.25) is 0 Å². The van der Waals surface area contributed by atoms with Crippen LogP contribution in [0.5, 0.6) is 0 Å². The summed E-state index contributed by atoms with van der Waals surface area (Å²) in [5, 5.41) is 1.77. The molecule has 0 aromatic heterocycles. The van der Waals surface area contributed by atoms with Gasteiger partial charge in [0.05, 0.1) is 6.54 Å². The normalized spacial score (nSPS) is 11.2.